The van der Waals surface area contributed by atoms with Crippen LogP contribution in [0, 0.1) is 5.82 Å². The number of halogens is 1. The first-order chi connectivity index (χ1) is 17.4. The van der Waals surface area contributed by atoms with Crippen molar-refractivity contribution < 1.29 is 26.2 Å². The Labute approximate surface area is 213 Å². The molecule has 36 heavy (non-hydrogen) atoms. The number of hydrogen-bond donors (Lipinski definition) is 0. The second kappa shape index (κ2) is 13.8. The van der Waals surface area contributed by atoms with Crippen molar-refractivity contribution in [1.82, 2.24) is 4.90 Å². The first-order valence-corrected chi connectivity index (χ1v) is 13.9. The van der Waals surface area contributed by atoms with Crippen molar-refractivity contribution >= 4 is 16.0 Å². The standard InChI is InChI=1S/C28H34FNO5S/c1-2-3-4-5-6-7-8-14-28(31)30(22-26-13-10-19-34-26)21-23-11-9-12-25(20-23)35-36(32,33)27-17-15-24(29)16-18-27/h9-13,15-20H,2-8,14,21-22H2,1H3. The maximum absolute atomic E-state index is 13.2. The lowest BCUT2D eigenvalue weighted by molar-refractivity contribution is -0.132. The zero-order valence-electron chi connectivity index (χ0n) is 20.7. The fourth-order valence-corrected chi connectivity index (χ4v) is 4.83. The fraction of sp³-hybridized carbons (Fsp3) is 0.393. The second-order valence-electron chi connectivity index (χ2n) is 8.84. The molecule has 1 aromatic heterocycles. The number of benzene rings is 2. The average Bonchev–Trinajstić information content (AvgIpc) is 3.36. The molecular formula is C28H34FNO5S. The highest BCUT2D eigenvalue weighted by atomic mass is 32.2. The Morgan fingerprint density at radius 1 is 0.917 bits per heavy atom. The van der Waals surface area contributed by atoms with Crippen LogP contribution in [0.3, 0.4) is 0 Å². The van der Waals surface area contributed by atoms with Gasteiger partial charge in [0.2, 0.25) is 5.91 Å². The van der Waals surface area contributed by atoms with Crippen molar-refractivity contribution in [3.63, 3.8) is 0 Å². The minimum absolute atomic E-state index is 0.0187. The zero-order chi connectivity index (χ0) is 25.8. The minimum Gasteiger partial charge on any atom is -0.467 e. The molecule has 3 aromatic rings. The van der Waals surface area contributed by atoms with Crippen LogP contribution in [0.5, 0.6) is 5.75 Å². The molecule has 1 amide bonds. The third-order valence-electron chi connectivity index (χ3n) is 5.85. The van der Waals surface area contributed by atoms with E-state index in [1.54, 1.807) is 29.4 Å². The van der Waals surface area contributed by atoms with Gasteiger partial charge in [-0.05, 0) is 60.5 Å². The van der Waals surface area contributed by atoms with Crippen molar-refractivity contribution in [2.24, 2.45) is 0 Å². The Morgan fingerprint density at radius 3 is 2.33 bits per heavy atom. The van der Waals surface area contributed by atoms with Gasteiger partial charge in [-0.3, -0.25) is 4.79 Å². The van der Waals surface area contributed by atoms with Gasteiger partial charge in [0.25, 0.3) is 0 Å². The van der Waals surface area contributed by atoms with Crippen LogP contribution in [0.25, 0.3) is 0 Å². The van der Waals surface area contributed by atoms with Crippen molar-refractivity contribution in [2.45, 2.75) is 76.3 Å². The molecule has 0 unspecified atom stereocenters. The van der Waals surface area contributed by atoms with E-state index >= 15 is 0 Å². The molecule has 6 nitrogen and oxygen atoms in total. The van der Waals surface area contributed by atoms with E-state index in [0.29, 0.717) is 18.7 Å². The normalized spacial score (nSPS) is 11.4. The topological polar surface area (TPSA) is 76.8 Å². The maximum atomic E-state index is 13.2. The van der Waals surface area contributed by atoms with Crippen LogP contribution >= 0.6 is 0 Å². The van der Waals surface area contributed by atoms with Crippen LogP contribution in [0.15, 0.2) is 76.2 Å². The number of rotatable bonds is 15. The number of nitrogens with zero attached hydrogens (tertiary/aromatic N) is 1. The second-order valence-corrected chi connectivity index (χ2v) is 10.4. The van der Waals surface area contributed by atoms with Crippen LogP contribution in [0.1, 0.15) is 69.6 Å². The number of unbranched alkanes of at least 4 members (excludes halogenated alkanes) is 6. The van der Waals surface area contributed by atoms with E-state index in [1.165, 1.54) is 31.7 Å². The van der Waals surface area contributed by atoms with E-state index in [9.17, 15) is 17.6 Å². The molecule has 0 aliphatic carbocycles. The molecule has 0 bridgehead atoms. The van der Waals surface area contributed by atoms with Gasteiger partial charge in [0.1, 0.15) is 22.2 Å². The summed E-state index contributed by atoms with van der Waals surface area (Å²) in [6, 6.07) is 14.7. The number of amides is 1. The largest absolute Gasteiger partial charge is 0.467 e. The summed E-state index contributed by atoms with van der Waals surface area (Å²) in [7, 11) is -4.12. The molecule has 0 radical (unpaired) electrons. The molecule has 0 fully saturated rings. The Hall–Kier alpha value is -3.13. The van der Waals surface area contributed by atoms with E-state index in [-0.39, 0.29) is 23.1 Å². The van der Waals surface area contributed by atoms with E-state index in [0.717, 1.165) is 49.1 Å². The predicted octanol–water partition coefficient (Wildman–Crippen LogP) is 6.86. The zero-order valence-corrected chi connectivity index (χ0v) is 21.5. The number of carbonyl (C=O) groups excluding carboxylic acids is 1. The van der Waals surface area contributed by atoms with Crippen LogP contribution in [-0.4, -0.2) is 19.2 Å². The van der Waals surface area contributed by atoms with Crippen molar-refractivity contribution in [3.05, 3.63) is 84.1 Å². The molecule has 0 saturated carbocycles. The van der Waals surface area contributed by atoms with Crippen molar-refractivity contribution in [3.8, 4) is 5.75 Å². The Morgan fingerprint density at radius 2 is 1.64 bits per heavy atom. The summed E-state index contributed by atoms with van der Waals surface area (Å²) >= 11 is 0. The average molecular weight is 516 g/mol. The van der Waals surface area contributed by atoms with Crippen LogP contribution < -0.4 is 4.18 Å². The molecular weight excluding hydrogens is 481 g/mol. The molecule has 1 heterocycles. The summed E-state index contributed by atoms with van der Waals surface area (Å²) in [5.74, 6) is 0.280. The Bertz CT molecular complexity index is 1180. The third kappa shape index (κ3) is 8.82. The number of furan rings is 1. The van der Waals surface area contributed by atoms with E-state index in [2.05, 4.69) is 6.92 Å². The molecule has 2 aromatic carbocycles. The molecule has 3 rings (SSSR count). The summed E-state index contributed by atoms with van der Waals surface area (Å²) in [4.78, 5) is 14.6. The van der Waals surface area contributed by atoms with E-state index in [1.807, 2.05) is 12.1 Å². The highest BCUT2D eigenvalue weighted by molar-refractivity contribution is 7.87. The van der Waals surface area contributed by atoms with Crippen molar-refractivity contribution in [2.75, 3.05) is 0 Å². The van der Waals surface area contributed by atoms with Gasteiger partial charge in [0, 0.05) is 13.0 Å². The highest BCUT2D eigenvalue weighted by Crippen LogP contribution is 2.22. The van der Waals surface area contributed by atoms with Gasteiger partial charge in [0.05, 0.1) is 12.8 Å². The van der Waals surface area contributed by atoms with Gasteiger partial charge >= 0.3 is 10.1 Å². The van der Waals surface area contributed by atoms with Crippen LogP contribution in [-0.2, 0) is 28.0 Å². The van der Waals surface area contributed by atoms with Gasteiger partial charge in [-0.25, -0.2) is 4.39 Å². The fourth-order valence-electron chi connectivity index (χ4n) is 3.91. The monoisotopic (exact) mass is 515 g/mol. The molecule has 0 aliphatic heterocycles. The molecule has 0 aliphatic rings. The first-order valence-electron chi connectivity index (χ1n) is 12.5. The van der Waals surface area contributed by atoms with E-state index in [4.69, 9.17) is 8.60 Å². The smallest absolute Gasteiger partial charge is 0.339 e. The van der Waals surface area contributed by atoms with Gasteiger partial charge in [-0.2, -0.15) is 8.42 Å². The predicted molar refractivity (Wildman–Crippen MR) is 136 cm³/mol. The van der Waals surface area contributed by atoms with Crippen LogP contribution in [0.2, 0.25) is 0 Å². The number of hydrogen-bond acceptors (Lipinski definition) is 5. The molecule has 0 spiro atoms. The van der Waals surface area contributed by atoms with E-state index < -0.39 is 15.9 Å². The molecule has 194 valence electrons. The molecule has 8 heteroatoms. The number of carbonyl (C=O) groups is 1. The SMILES string of the molecule is CCCCCCCCCC(=O)N(Cc1cccc(OS(=O)(=O)c2ccc(F)cc2)c1)Cc1ccco1. The maximum Gasteiger partial charge on any atom is 0.339 e. The minimum atomic E-state index is -4.12. The summed E-state index contributed by atoms with van der Waals surface area (Å²) in [5.41, 5.74) is 0.723. The van der Waals surface area contributed by atoms with Crippen LogP contribution in [0.4, 0.5) is 4.39 Å². The van der Waals surface area contributed by atoms with Gasteiger partial charge in [0.15, 0.2) is 0 Å². The lowest BCUT2D eigenvalue weighted by Gasteiger charge is -2.22. The summed E-state index contributed by atoms with van der Waals surface area (Å²) in [6.07, 6.45) is 9.91. The quantitative estimate of drug-likeness (QED) is 0.163. The van der Waals surface area contributed by atoms with Gasteiger partial charge < -0.3 is 13.5 Å². The Kier molecular flexibility index (Phi) is 10.5. The summed E-state index contributed by atoms with van der Waals surface area (Å²) in [5, 5.41) is 0. The van der Waals surface area contributed by atoms with Gasteiger partial charge in [-0.1, -0.05) is 57.6 Å². The first kappa shape index (κ1) is 27.5. The third-order valence-corrected chi connectivity index (χ3v) is 7.12. The summed E-state index contributed by atoms with van der Waals surface area (Å²) < 4.78 is 49.0. The highest BCUT2D eigenvalue weighted by Gasteiger charge is 2.19. The lowest BCUT2D eigenvalue weighted by atomic mass is 10.1. The lowest BCUT2D eigenvalue weighted by Crippen LogP contribution is -2.29. The Balaban J connectivity index is 1.64. The van der Waals surface area contributed by atoms with Crippen molar-refractivity contribution in [1.29, 1.82) is 0 Å². The van der Waals surface area contributed by atoms with Gasteiger partial charge in [-0.15, -0.1) is 0 Å². The molecule has 0 N–H and O–H groups in total. The summed E-state index contributed by atoms with van der Waals surface area (Å²) in [6.45, 7) is 2.80. The molecule has 0 atom stereocenters. The molecule has 0 saturated heterocycles.